The molecule has 0 atom stereocenters. The number of carbonyl (C=O) groups is 2. The van der Waals surface area contributed by atoms with E-state index in [-0.39, 0.29) is 17.7 Å². The monoisotopic (exact) mass is 330 g/mol. The molecule has 0 saturated heterocycles. The SMILES string of the molecule is O=C(OCC(=O)c1ccc(F)cc1F)C1=Cc2ccccc2OC1. The highest BCUT2D eigenvalue weighted by Gasteiger charge is 2.20. The van der Waals surface area contributed by atoms with Crippen molar-refractivity contribution in [3.63, 3.8) is 0 Å². The summed E-state index contributed by atoms with van der Waals surface area (Å²) < 4.78 is 36.7. The van der Waals surface area contributed by atoms with E-state index in [1.54, 1.807) is 24.3 Å². The van der Waals surface area contributed by atoms with E-state index in [4.69, 9.17) is 9.47 Å². The third-order valence-electron chi connectivity index (χ3n) is 3.46. The van der Waals surface area contributed by atoms with Crippen molar-refractivity contribution >= 4 is 17.8 Å². The Bertz CT molecular complexity index is 843. The Hall–Kier alpha value is -3.02. The molecule has 2 aromatic carbocycles. The summed E-state index contributed by atoms with van der Waals surface area (Å²) in [5, 5.41) is 0. The smallest absolute Gasteiger partial charge is 0.337 e. The lowest BCUT2D eigenvalue weighted by Crippen LogP contribution is -2.21. The molecule has 0 N–H and O–H groups in total. The van der Waals surface area contributed by atoms with Crippen molar-refractivity contribution < 1.29 is 27.8 Å². The molecule has 2 aromatic rings. The number of para-hydroxylation sites is 1. The third kappa shape index (κ3) is 3.32. The largest absolute Gasteiger partial charge is 0.488 e. The fraction of sp³-hybridized carbons (Fsp3) is 0.111. The van der Waals surface area contributed by atoms with Crippen molar-refractivity contribution in [3.05, 3.63) is 70.8 Å². The summed E-state index contributed by atoms with van der Waals surface area (Å²) in [6.07, 6.45) is 1.62. The number of halogens is 2. The van der Waals surface area contributed by atoms with E-state index in [1.165, 1.54) is 0 Å². The number of fused-ring (bicyclic) bond motifs is 1. The number of hydrogen-bond acceptors (Lipinski definition) is 4. The zero-order chi connectivity index (χ0) is 17.1. The van der Waals surface area contributed by atoms with Gasteiger partial charge in [-0.2, -0.15) is 0 Å². The predicted octanol–water partition coefficient (Wildman–Crippen LogP) is 3.17. The first kappa shape index (κ1) is 15.9. The van der Waals surface area contributed by atoms with E-state index in [9.17, 15) is 18.4 Å². The Morgan fingerprint density at radius 2 is 1.92 bits per heavy atom. The number of ether oxygens (including phenoxy) is 2. The van der Waals surface area contributed by atoms with Gasteiger partial charge < -0.3 is 9.47 Å². The lowest BCUT2D eigenvalue weighted by atomic mass is 10.1. The van der Waals surface area contributed by atoms with Crippen LogP contribution >= 0.6 is 0 Å². The van der Waals surface area contributed by atoms with Crippen LogP contribution in [0.3, 0.4) is 0 Å². The van der Waals surface area contributed by atoms with Crippen LogP contribution < -0.4 is 4.74 Å². The second kappa shape index (κ2) is 6.62. The van der Waals surface area contributed by atoms with E-state index in [2.05, 4.69) is 0 Å². The van der Waals surface area contributed by atoms with Gasteiger partial charge in [-0.15, -0.1) is 0 Å². The van der Waals surface area contributed by atoms with Gasteiger partial charge in [0, 0.05) is 11.6 Å². The highest BCUT2D eigenvalue weighted by Crippen LogP contribution is 2.26. The second-order valence-corrected chi connectivity index (χ2v) is 5.12. The second-order valence-electron chi connectivity index (χ2n) is 5.12. The lowest BCUT2D eigenvalue weighted by molar-refractivity contribution is -0.138. The Kier molecular flexibility index (Phi) is 4.37. The Morgan fingerprint density at radius 3 is 2.71 bits per heavy atom. The minimum atomic E-state index is -0.995. The summed E-state index contributed by atoms with van der Waals surface area (Å²) in [4.78, 5) is 23.9. The quantitative estimate of drug-likeness (QED) is 0.638. The molecule has 6 heteroatoms. The number of ketones is 1. The van der Waals surface area contributed by atoms with Gasteiger partial charge in [0.25, 0.3) is 0 Å². The summed E-state index contributed by atoms with van der Waals surface area (Å²) in [5.74, 6) is -2.60. The molecule has 0 saturated carbocycles. The van der Waals surface area contributed by atoms with E-state index in [0.29, 0.717) is 11.8 Å². The Morgan fingerprint density at radius 1 is 1.12 bits per heavy atom. The molecule has 4 nitrogen and oxygen atoms in total. The van der Waals surface area contributed by atoms with Gasteiger partial charge in [-0.25, -0.2) is 13.6 Å². The van der Waals surface area contributed by atoms with Crippen LogP contribution in [0.2, 0.25) is 0 Å². The fourth-order valence-corrected chi connectivity index (χ4v) is 2.25. The van der Waals surface area contributed by atoms with E-state index in [0.717, 1.165) is 17.7 Å². The molecule has 0 aromatic heterocycles. The molecule has 122 valence electrons. The van der Waals surface area contributed by atoms with Gasteiger partial charge in [-0.1, -0.05) is 18.2 Å². The first-order valence-corrected chi connectivity index (χ1v) is 7.12. The molecular weight excluding hydrogens is 318 g/mol. The summed E-state index contributed by atoms with van der Waals surface area (Å²) in [7, 11) is 0. The molecule has 0 radical (unpaired) electrons. The van der Waals surface area contributed by atoms with E-state index < -0.39 is 30.0 Å². The summed E-state index contributed by atoms with van der Waals surface area (Å²) >= 11 is 0. The topological polar surface area (TPSA) is 52.6 Å². The van der Waals surface area contributed by atoms with Crippen LogP contribution in [0.5, 0.6) is 5.75 Å². The van der Waals surface area contributed by atoms with Crippen molar-refractivity contribution in [1.82, 2.24) is 0 Å². The van der Waals surface area contributed by atoms with Gasteiger partial charge in [-0.3, -0.25) is 4.79 Å². The van der Waals surface area contributed by atoms with Crippen LogP contribution in [0.25, 0.3) is 6.08 Å². The highest BCUT2D eigenvalue weighted by molar-refractivity contribution is 6.00. The average Bonchev–Trinajstić information content (AvgIpc) is 2.59. The van der Waals surface area contributed by atoms with Crippen molar-refractivity contribution in [2.75, 3.05) is 13.2 Å². The van der Waals surface area contributed by atoms with E-state index >= 15 is 0 Å². The average molecular weight is 330 g/mol. The zero-order valence-corrected chi connectivity index (χ0v) is 12.4. The maximum Gasteiger partial charge on any atom is 0.337 e. The zero-order valence-electron chi connectivity index (χ0n) is 12.4. The molecule has 1 aliphatic heterocycles. The lowest BCUT2D eigenvalue weighted by Gasteiger charge is -2.16. The highest BCUT2D eigenvalue weighted by atomic mass is 19.1. The predicted molar refractivity (Wildman–Crippen MR) is 81.6 cm³/mol. The van der Waals surface area contributed by atoms with Crippen LogP contribution in [-0.4, -0.2) is 25.0 Å². The third-order valence-corrected chi connectivity index (χ3v) is 3.46. The summed E-state index contributed by atoms with van der Waals surface area (Å²) in [6.45, 7) is -0.616. The first-order valence-electron chi connectivity index (χ1n) is 7.12. The molecule has 0 unspecified atom stereocenters. The van der Waals surface area contributed by atoms with Crippen molar-refractivity contribution in [3.8, 4) is 5.75 Å². The normalized spacial score (nSPS) is 12.7. The van der Waals surface area contributed by atoms with Crippen molar-refractivity contribution in [2.24, 2.45) is 0 Å². The standard InChI is InChI=1S/C18H12F2O4/c19-13-5-6-14(15(20)8-13)16(21)10-24-18(22)12-7-11-3-1-2-4-17(11)23-9-12/h1-8H,9-10H2. The molecule has 0 aliphatic carbocycles. The van der Waals surface area contributed by atoms with Gasteiger partial charge >= 0.3 is 5.97 Å². The molecule has 1 heterocycles. The van der Waals surface area contributed by atoms with Crippen molar-refractivity contribution in [2.45, 2.75) is 0 Å². The molecule has 0 spiro atoms. The molecule has 1 aliphatic rings. The fourth-order valence-electron chi connectivity index (χ4n) is 2.25. The molecular formula is C18H12F2O4. The van der Waals surface area contributed by atoms with Gasteiger partial charge in [-0.05, 0) is 24.3 Å². The van der Waals surface area contributed by atoms with Crippen molar-refractivity contribution in [1.29, 1.82) is 0 Å². The maximum atomic E-state index is 13.5. The van der Waals surface area contributed by atoms with Crippen LogP contribution in [0.15, 0.2) is 48.0 Å². The maximum absolute atomic E-state index is 13.5. The van der Waals surface area contributed by atoms with Gasteiger partial charge in [0.15, 0.2) is 6.61 Å². The van der Waals surface area contributed by atoms with Gasteiger partial charge in [0.1, 0.15) is 24.0 Å². The minimum Gasteiger partial charge on any atom is -0.488 e. The van der Waals surface area contributed by atoms with Crippen LogP contribution in [0.4, 0.5) is 8.78 Å². The Labute approximate surface area is 136 Å². The van der Waals surface area contributed by atoms with Crippen LogP contribution in [-0.2, 0) is 9.53 Å². The summed E-state index contributed by atoms with van der Waals surface area (Å²) in [5.41, 5.74) is 0.649. The minimum absolute atomic E-state index is 0.0228. The first-order chi connectivity index (χ1) is 11.5. The van der Waals surface area contributed by atoms with Crippen LogP contribution in [0.1, 0.15) is 15.9 Å². The molecule has 0 amide bonds. The molecule has 24 heavy (non-hydrogen) atoms. The number of hydrogen-bond donors (Lipinski definition) is 0. The Balaban J connectivity index is 1.66. The number of rotatable bonds is 4. The molecule has 0 fully saturated rings. The summed E-state index contributed by atoms with van der Waals surface area (Å²) in [6, 6.07) is 9.74. The number of Topliss-reactive ketones (excluding diaryl/α,β-unsaturated/α-hetero) is 1. The van der Waals surface area contributed by atoms with E-state index in [1.807, 2.05) is 6.07 Å². The molecule has 0 bridgehead atoms. The van der Waals surface area contributed by atoms with Gasteiger partial charge in [0.05, 0.1) is 11.1 Å². The van der Waals surface area contributed by atoms with Crippen LogP contribution in [0, 0.1) is 11.6 Å². The number of esters is 1. The van der Waals surface area contributed by atoms with Gasteiger partial charge in [0.2, 0.25) is 5.78 Å². The number of carbonyl (C=O) groups excluding carboxylic acids is 2. The molecule has 3 rings (SSSR count). The number of benzene rings is 2.